The lowest BCUT2D eigenvalue weighted by Gasteiger charge is -2.10. The molecule has 5 heteroatoms. The van der Waals surface area contributed by atoms with E-state index in [1.54, 1.807) is 6.07 Å². The highest BCUT2D eigenvalue weighted by atomic mass is 16.6. The number of hydrogen-bond donors (Lipinski definition) is 1. The fraction of sp³-hybridized carbons (Fsp3) is 0.400. The van der Waals surface area contributed by atoms with Gasteiger partial charge in [-0.15, -0.1) is 0 Å². The van der Waals surface area contributed by atoms with E-state index in [1.165, 1.54) is 12.1 Å². The molecule has 0 bridgehead atoms. The predicted molar refractivity (Wildman–Crippen MR) is 54.8 cm³/mol. The number of aliphatic hydroxyl groups is 1. The number of rotatable bonds is 4. The van der Waals surface area contributed by atoms with Crippen molar-refractivity contribution in [2.75, 3.05) is 0 Å². The SMILES string of the molecule is CC(C)Oc1cc(CO)cc([N+](=O)[O-])c1. The van der Waals surface area contributed by atoms with Gasteiger partial charge < -0.3 is 9.84 Å². The van der Waals surface area contributed by atoms with Gasteiger partial charge in [0, 0.05) is 6.07 Å². The summed E-state index contributed by atoms with van der Waals surface area (Å²) in [6, 6.07) is 4.26. The molecule has 0 radical (unpaired) electrons. The Bertz CT molecular complexity index is 362. The molecule has 15 heavy (non-hydrogen) atoms. The van der Waals surface area contributed by atoms with Crippen LogP contribution in [-0.2, 0) is 6.61 Å². The van der Waals surface area contributed by atoms with Gasteiger partial charge in [0.05, 0.1) is 23.7 Å². The zero-order valence-electron chi connectivity index (χ0n) is 8.64. The summed E-state index contributed by atoms with van der Waals surface area (Å²) in [6.07, 6.45) is -0.0569. The summed E-state index contributed by atoms with van der Waals surface area (Å²) >= 11 is 0. The van der Waals surface area contributed by atoms with Gasteiger partial charge in [-0.3, -0.25) is 10.1 Å². The molecule has 1 rings (SSSR count). The molecule has 0 amide bonds. The zero-order valence-corrected chi connectivity index (χ0v) is 8.64. The highest BCUT2D eigenvalue weighted by Gasteiger charge is 2.10. The van der Waals surface area contributed by atoms with Gasteiger partial charge in [-0.05, 0) is 25.5 Å². The van der Waals surface area contributed by atoms with E-state index < -0.39 is 4.92 Å². The maximum atomic E-state index is 10.6. The van der Waals surface area contributed by atoms with Crippen LogP contribution in [0, 0.1) is 10.1 Å². The number of nitro benzene ring substituents is 1. The highest BCUT2D eigenvalue weighted by Crippen LogP contribution is 2.23. The van der Waals surface area contributed by atoms with Gasteiger partial charge in [-0.2, -0.15) is 0 Å². The zero-order chi connectivity index (χ0) is 11.4. The minimum absolute atomic E-state index is 0.0569. The first-order chi connectivity index (χ1) is 7.02. The van der Waals surface area contributed by atoms with Gasteiger partial charge in [0.2, 0.25) is 0 Å². The molecule has 5 nitrogen and oxygen atoms in total. The van der Waals surface area contributed by atoms with Crippen molar-refractivity contribution in [1.29, 1.82) is 0 Å². The highest BCUT2D eigenvalue weighted by molar-refractivity contribution is 5.42. The maximum absolute atomic E-state index is 10.6. The van der Waals surface area contributed by atoms with Gasteiger partial charge in [0.1, 0.15) is 5.75 Å². The van der Waals surface area contributed by atoms with Crippen molar-refractivity contribution >= 4 is 5.69 Å². The molecule has 0 aliphatic carbocycles. The Morgan fingerprint density at radius 2 is 2.13 bits per heavy atom. The normalized spacial score (nSPS) is 10.4. The van der Waals surface area contributed by atoms with Crippen molar-refractivity contribution in [3.8, 4) is 5.75 Å². The van der Waals surface area contributed by atoms with Crippen LogP contribution in [0.2, 0.25) is 0 Å². The Labute approximate surface area is 87.5 Å². The number of nitro groups is 1. The molecular formula is C10H13NO4. The summed E-state index contributed by atoms with van der Waals surface area (Å²) in [6.45, 7) is 3.42. The monoisotopic (exact) mass is 211 g/mol. The van der Waals surface area contributed by atoms with Crippen molar-refractivity contribution in [3.05, 3.63) is 33.9 Å². The van der Waals surface area contributed by atoms with E-state index in [0.717, 1.165) is 0 Å². The third-order valence-electron chi connectivity index (χ3n) is 1.72. The molecule has 1 aromatic carbocycles. The lowest BCUT2D eigenvalue weighted by molar-refractivity contribution is -0.385. The van der Waals surface area contributed by atoms with E-state index >= 15 is 0 Å². The predicted octanol–water partition coefficient (Wildman–Crippen LogP) is 1.87. The van der Waals surface area contributed by atoms with E-state index in [0.29, 0.717) is 11.3 Å². The van der Waals surface area contributed by atoms with Crippen LogP contribution in [0.15, 0.2) is 18.2 Å². The Morgan fingerprint density at radius 3 is 2.60 bits per heavy atom. The standard InChI is InChI=1S/C10H13NO4/c1-7(2)15-10-4-8(6-12)3-9(5-10)11(13)14/h3-5,7,12H,6H2,1-2H3. The molecular weight excluding hydrogens is 198 g/mol. The second kappa shape index (κ2) is 4.75. The van der Waals surface area contributed by atoms with Crippen LogP contribution in [0.25, 0.3) is 0 Å². The van der Waals surface area contributed by atoms with Gasteiger partial charge in [-0.25, -0.2) is 0 Å². The Morgan fingerprint density at radius 1 is 1.47 bits per heavy atom. The summed E-state index contributed by atoms with van der Waals surface area (Å²) in [5.41, 5.74) is 0.400. The molecule has 0 saturated carbocycles. The molecule has 82 valence electrons. The first-order valence-electron chi connectivity index (χ1n) is 4.59. The lowest BCUT2D eigenvalue weighted by Crippen LogP contribution is -2.06. The number of hydrogen-bond acceptors (Lipinski definition) is 4. The van der Waals surface area contributed by atoms with Gasteiger partial charge in [-0.1, -0.05) is 0 Å². The first kappa shape index (κ1) is 11.5. The third-order valence-corrected chi connectivity index (χ3v) is 1.72. The minimum atomic E-state index is -0.508. The van der Waals surface area contributed by atoms with E-state index in [4.69, 9.17) is 9.84 Å². The number of benzene rings is 1. The van der Waals surface area contributed by atoms with Gasteiger partial charge >= 0.3 is 0 Å². The molecule has 0 aliphatic rings. The molecule has 0 fully saturated rings. The first-order valence-corrected chi connectivity index (χ1v) is 4.59. The Balaban J connectivity index is 3.05. The van der Waals surface area contributed by atoms with E-state index in [2.05, 4.69) is 0 Å². The molecule has 0 spiro atoms. The largest absolute Gasteiger partial charge is 0.491 e. The second-order valence-electron chi connectivity index (χ2n) is 3.42. The van der Waals surface area contributed by atoms with Crippen LogP contribution in [-0.4, -0.2) is 16.1 Å². The average molecular weight is 211 g/mol. The van der Waals surface area contributed by atoms with Gasteiger partial charge in [0.15, 0.2) is 0 Å². The number of non-ortho nitro benzene ring substituents is 1. The van der Waals surface area contributed by atoms with Gasteiger partial charge in [0.25, 0.3) is 5.69 Å². The Hall–Kier alpha value is -1.62. The molecule has 0 unspecified atom stereocenters. The van der Waals surface area contributed by atoms with Crippen molar-refractivity contribution in [2.45, 2.75) is 26.6 Å². The summed E-state index contributed by atoms with van der Waals surface area (Å²) in [4.78, 5) is 10.1. The molecule has 0 atom stereocenters. The van der Waals surface area contributed by atoms with E-state index in [-0.39, 0.29) is 18.4 Å². The van der Waals surface area contributed by atoms with Crippen LogP contribution in [0.5, 0.6) is 5.75 Å². The van der Waals surface area contributed by atoms with Crippen LogP contribution < -0.4 is 4.74 Å². The molecule has 0 aromatic heterocycles. The summed E-state index contributed by atoms with van der Waals surface area (Å²) in [7, 11) is 0. The molecule has 0 heterocycles. The molecule has 1 aromatic rings. The van der Waals surface area contributed by atoms with E-state index in [1.807, 2.05) is 13.8 Å². The van der Waals surface area contributed by atoms with E-state index in [9.17, 15) is 10.1 Å². The average Bonchev–Trinajstić information content (AvgIpc) is 2.16. The minimum Gasteiger partial charge on any atom is -0.491 e. The molecule has 0 aliphatic heterocycles. The number of ether oxygens (including phenoxy) is 1. The topological polar surface area (TPSA) is 72.6 Å². The summed E-state index contributed by atoms with van der Waals surface area (Å²) in [5.74, 6) is 0.406. The number of aliphatic hydroxyl groups excluding tert-OH is 1. The van der Waals surface area contributed by atoms with Crippen molar-refractivity contribution in [2.24, 2.45) is 0 Å². The summed E-state index contributed by atoms with van der Waals surface area (Å²) < 4.78 is 5.33. The molecule has 1 N–H and O–H groups in total. The second-order valence-corrected chi connectivity index (χ2v) is 3.42. The lowest BCUT2D eigenvalue weighted by atomic mass is 10.2. The fourth-order valence-electron chi connectivity index (χ4n) is 1.18. The smallest absolute Gasteiger partial charge is 0.273 e. The Kier molecular flexibility index (Phi) is 3.62. The quantitative estimate of drug-likeness (QED) is 0.609. The maximum Gasteiger partial charge on any atom is 0.273 e. The van der Waals surface area contributed by atoms with Crippen LogP contribution in [0.4, 0.5) is 5.69 Å². The third kappa shape index (κ3) is 3.21. The van der Waals surface area contributed by atoms with Crippen molar-refractivity contribution < 1.29 is 14.8 Å². The van der Waals surface area contributed by atoms with Crippen LogP contribution in [0.3, 0.4) is 0 Å². The van der Waals surface area contributed by atoms with Crippen LogP contribution >= 0.6 is 0 Å². The summed E-state index contributed by atoms with van der Waals surface area (Å²) in [5, 5.41) is 19.5. The van der Waals surface area contributed by atoms with Crippen molar-refractivity contribution in [3.63, 3.8) is 0 Å². The van der Waals surface area contributed by atoms with Crippen LogP contribution in [0.1, 0.15) is 19.4 Å². The number of nitrogens with zero attached hydrogens (tertiary/aromatic N) is 1. The fourth-order valence-corrected chi connectivity index (χ4v) is 1.18. The van der Waals surface area contributed by atoms with Crippen molar-refractivity contribution in [1.82, 2.24) is 0 Å². The molecule has 0 saturated heterocycles.